The number of benzene rings is 1. The Morgan fingerprint density at radius 1 is 1.20 bits per heavy atom. The van der Waals surface area contributed by atoms with Crippen molar-refractivity contribution in [1.29, 1.82) is 0 Å². The Morgan fingerprint density at radius 2 is 2.05 bits per heavy atom. The highest BCUT2D eigenvalue weighted by Crippen LogP contribution is 2.32. The van der Waals surface area contributed by atoms with Gasteiger partial charge in [0.25, 0.3) is 5.89 Å². The average molecular weight is 277 g/mol. The SMILES string of the molecule is CCNCCc1nnc(-c2cc(OC)ccc2OC)o1. The lowest BCUT2D eigenvalue weighted by Gasteiger charge is -2.07. The minimum absolute atomic E-state index is 0.437. The second-order valence-electron chi connectivity index (χ2n) is 4.17. The number of nitrogens with one attached hydrogen (secondary N) is 1. The molecule has 0 unspecified atom stereocenters. The molecule has 0 fully saturated rings. The zero-order chi connectivity index (χ0) is 14.4. The number of methoxy groups -OCH3 is 2. The van der Waals surface area contributed by atoms with Crippen LogP contribution in [0.1, 0.15) is 12.8 Å². The Kier molecular flexibility index (Phi) is 4.95. The Labute approximate surface area is 118 Å². The molecule has 6 heteroatoms. The van der Waals surface area contributed by atoms with E-state index in [1.54, 1.807) is 14.2 Å². The summed E-state index contributed by atoms with van der Waals surface area (Å²) in [5.41, 5.74) is 0.731. The van der Waals surface area contributed by atoms with Gasteiger partial charge in [-0.25, -0.2) is 0 Å². The Morgan fingerprint density at radius 3 is 2.75 bits per heavy atom. The third-order valence-corrected chi connectivity index (χ3v) is 2.87. The van der Waals surface area contributed by atoms with Crippen molar-refractivity contribution < 1.29 is 13.9 Å². The van der Waals surface area contributed by atoms with Crippen molar-refractivity contribution >= 4 is 0 Å². The fourth-order valence-electron chi connectivity index (χ4n) is 1.82. The first-order valence-corrected chi connectivity index (χ1v) is 6.54. The van der Waals surface area contributed by atoms with Gasteiger partial charge < -0.3 is 19.2 Å². The maximum Gasteiger partial charge on any atom is 0.251 e. The summed E-state index contributed by atoms with van der Waals surface area (Å²) in [4.78, 5) is 0. The van der Waals surface area contributed by atoms with E-state index in [9.17, 15) is 0 Å². The van der Waals surface area contributed by atoms with E-state index in [1.165, 1.54) is 0 Å². The molecule has 6 nitrogen and oxygen atoms in total. The van der Waals surface area contributed by atoms with Gasteiger partial charge in [-0.2, -0.15) is 0 Å². The van der Waals surface area contributed by atoms with Gasteiger partial charge in [0.1, 0.15) is 11.5 Å². The van der Waals surface area contributed by atoms with Crippen LogP contribution in [-0.2, 0) is 6.42 Å². The Balaban J connectivity index is 2.22. The van der Waals surface area contributed by atoms with Gasteiger partial charge >= 0.3 is 0 Å². The highest BCUT2D eigenvalue weighted by Gasteiger charge is 2.14. The second-order valence-corrected chi connectivity index (χ2v) is 4.17. The minimum Gasteiger partial charge on any atom is -0.497 e. The van der Waals surface area contributed by atoms with Gasteiger partial charge in [-0.1, -0.05) is 6.92 Å². The molecule has 0 aliphatic carbocycles. The molecule has 0 saturated heterocycles. The molecule has 20 heavy (non-hydrogen) atoms. The lowest BCUT2D eigenvalue weighted by atomic mass is 10.2. The van der Waals surface area contributed by atoms with Crippen molar-refractivity contribution in [3.8, 4) is 23.0 Å². The molecular weight excluding hydrogens is 258 g/mol. The minimum atomic E-state index is 0.437. The normalized spacial score (nSPS) is 10.6. The van der Waals surface area contributed by atoms with Crippen LogP contribution in [-0.4, -0.2) is 37.5 Å². The molecular formula is C14H19N3O3. The number of nitrogens with zero attached hydrogens (tertiary/aromatic N) is 2. The molecule has 0 bridgehead atoms. The standard InChI is InChI=1S/C14H19N3O3/c1-4-15-8-7-13-16-17-14(20-13)11-9-10(18-2)5-6-12(11)19-3/h5-6,9,15H,4,7-8H2,1-3H3. The molecule has 1 N–H and O–H groups in total. The van der Waals surface area contributed by atoms with Crippen molar-refractivity contribution in [2.45, 2.75) is 13.3 Å². The van der Waals surface area contributed by atoms with Crippen LogP contribution in [0.4, 0.5) is 0 Å². The molecule has 1 heterocycles. The predicted octanol–water partition coefficient (Wildman–Crippen LogP) is 1.91. The molecule has 0 aliphatic rings. The molecule has 0 spiro atoms. The van der Waals surface area contributed by atoms with Crippen LogP contribution in [0.15, 0.2) is 22.6 Å². The highest BCUT2D eigenvalue weighted by molar-refractivity contribution is 5.64. The third kappa shape index (κ3) is 3.27. The van der Waals surface area contributed by atoms with E-state index >= 15 is 0 Å². The zero-order valence-corrected chi connectivity index (χ0v) is 12.0. The van der Waals surface area contributed by atoms with Crippen molar-refractivity contribution in [1.82, 2.24) is 15.5 Å². The van der Waals surface area contributed by atoms with Gasteiger partial charge in [0.15, 0.2) is 0 Å². The fraction of sp³-hybridized carbons (Fsp3) is 0.429. The summed E-state index contributed by atoms with van der Waals surface area (Å²) in [5, 5.41) is 11.3. The molecule has 0 aliphatic heterocycles. The molecule has 0 saturated carbocycles. The first-order chi connectivity index (χ1) is 9.78. The monoisotopic (exact) mass is 277 g/mol. The summed E-state index contributed by atoms with van der Waals surface area (Å²) >= 11 is 0. The van der Waals surface area contributed by atoms with Crippen LogP contribution in [0.25, 0.3) is 11.5 Å². The molecule has 0 radical (unpaired) electrons. The summed E-state index contributed by atoms with van der Waals surface area (Å²) in [6, 6.07) is 5.46. The summed E-state index contributed by atoms with van der Waals surface area (Å²) in [5.74, 6) is 2.43. The zero-order valence-electron chi connectivity index (χ0n) is 12.0. The van der Waals surface area contributed by atoms with E-state index in [2.05, 4.69) is 22.4 Å². The van der Waals surface area contributed by atoms with Crippen LogP contribution in [0.3, 0.4) is 0 Å². The molecule has 0 amide bonds. The van der Waals surface area contributed by atoms with Crippen LogP contribution in [0.5, 0.6) is 11.5 Å². The van der Waals surface area contributed by atoms with Crippen molar-refractivity contribution in [3.05, 3.63) is 24.1 Å². The lowest BCUT2D eigenvalue weighted by molar-refractivity contribution is 0.402. The summed E-state index contributed by atoms with van der Waals surface area (Å²) in [6.07, 6.45) is 0.702. The van der Waals surface area contributed by atoms with Crippen LogP contribution >= 0.6 is 0 Å². The van der Waals surface area contributed by atoms with Crippen molar-refractivity contribution in [2.75, 3.05) is 27.3 Å². The number of rotatable bonds is 7. The maximum absolute atomic E-state index is 5.66. The van der Waals surface area contributed by atoms with Gasteiger partial charge in [-0.05, 0) is 24.7 Å². The number of likely N-dealkylation sites (N-methyl/N-ethyl adjacent to an activating group) is 1. The molecule has 2 aromatic rings. The Bertz CT molecular complexity index is 554. The van der Waals surface area contributed by atoms with Gasteiger partial charge in [-0.3, -0.25) is 0 Å². The van der Waals surface area contributed by atoms with E-state index in [1.807, 2.05) is 18.2 Å². The number of hydrogen-bond acceptors (Lipinski definition) is 6. The third-order valence-electron chi connectivity index (χ3n) is 2.87. The van der Waals surface area contributed by atoms with E-state index in [-0.39, 0.29) is 0 Å². The summed E-state index contributed by atoms with van der Waals surface area (Å²) < 4.78 is 16.2. The van der Waals surface area contributed by atoms with Crippen molar-refractivity contribution in [2.24, 2.45) is 0 Å². The topological polar surface area (TPSA) is 69.4 Å². The Hall–Kier alpha value is -2.08. The highest BCUT2D eigenvalue weighted by atomic mass is 16.5. The van der Waals surface area contributed by atoms with E-state index in [0.717, 1.165) is 18.7 Å². The quantitative estimate of drug-likeness (QED) is 0.780. The molecule has 2 rings (SSSR count). The lowest BCUT2D eigenvalue weighted by Crippen LogP contribution is -2.16. The largest absolute Gasteiger partial charge is 0.497 e. The number of ether oxygens (including phenoxy) is 2. The van der Waals surface area contributed by atoms with Gasteiger partial charge in [0.2, 0.25) is 5.89 Å². The maximum atomic E-state index is 5.66. The smallest absolute Gasteiger partial charge is 0.251 e. The van der Waals surface area contributed by atoms with E-state index in [0.29, 0.717) is 29.7 Å². The van der Waals surface area contributed by atoms with E-state index < -0.39 is 0 Å². The van der Waals surface area contributed by atoms with Crippen LogP contribution in [0.2, 0.25) is 0 Å². The van der Waals surface area contributed by atoms with Crippen molar-refractivity contribution in [3.63, 3.8) is 0 Å². The average Bonchev–Trinajstić information content (AvgIpc) is 2.95. The van der Waals surface area contributed by atoms with Gasteiger partial charge in [-0.15, -0.1) is 10.2 Å². The predicted molar refractivity (Wildman–Crippen MR) is 75.1 cm³/mol. The van der Waals surface area contributed by atoms with Gasteiger partial charge in [0, 0.05) is 13.0 Å². The summed E-state index contributed by atoms with van der Waals surface area (Å²) in [7, 11) is 3.22. The van der Waals surface area contributed by atoms with Crippen LogP contribution < -0.4 is 14.8 Å². The first-order valence-electron chi connectivity index (χ1n) is 6.54. The second kappa shape index (κ2) is 6.91. The number of aromatic nitrogens is 2. The van der Waals surface area contributed by atoms with Crippen LogP contribution in [0, 0.1) is 0 Å². The molecule has 108 valence electrons. The molecule has 1 aromatic heterocycles. The number of hydrogen-bond donors (Lipinski definition) is 1. The van der Waals surface area contributed by atoms with E-state index in [4.69, 9.17) is 13.9 Å². The summed E-state index contributed by atoms with van der Waals surface area (Å²) in [6.45, 7) is 3.79. The fourth-order valence-corrected chi connectivity index (χ4v) is 1.82. The van der Waals surface area contributed by atoms with Gasteiger partial charge in [0.05, 0.1) is 19.8 Å². The first kappa shape index (κ1) is 14.3. The molecule has 0 atom stereocenters. The molecule has 1 aromatic carbocycles.